The van der Waals surface area contributed by atoms with Gasteiger partial charge in [0.1, 0.15) is 0 Å². The molecule has 0 spiro atoms. The second-order valence-electron chi connectivity index (χ2n) is 10.7. The van der Waals surface area contributed by atoms with Gasteiger partial charge in [-0.3, -0.25) is 0 Å². The number of nitrogens with zero attached hydrogens (tertiary/aromatic N) is 1. The number of esters is 5. The second kappa shape index (κ2) is 20.5. The maximum atomic E-state index is 14.2. The second-order valence-corrected chi connectivity index (χ2v) is 14.4. The summed E-state index contributed by atoms with van der Waals surface area (Å²) >= 11 is -0.971. The molecule has 0 saturated carbocycles. The van der Waals surface area contributed by atoms with Crippen LogP contribution in [0.1, 0.15) is 55.4 Å². The summed E-state index contributed by atoms with van der Waals surface area (Å²) in [6.07, 6.45) is -7.10. The molecule has 0 radical (unpaired) electrons. The molecule has 19 heteroatoms. The van der Waals surface area contributed by atoms with E-state index in [9.17, 15) is 33.6 Å². The van der Waals surface area contributed by atoms with Gasteiger partial charge >= 0.3 is 304 Å². The predicted octanol–water partition coefficient (Wildman–Crippen LogP) is 1.51. The number of ether oxygens (including phenoxy) is 6. The third-order valence-electron chi connectivity index (χ3n) is 6.85. The summed E-state index contributed by atoms with van der Waals surface area (Å²) in [4.78, 5) is 90.2. The Labute approximate surface area is 303 Å². The van der Waals surface area contributed by atoms with Gasteiger partial charge in [-0.25, -0.2) is 0 Å². The number of amides is 2. The Bertz CT molecular complexity index is 1380. The molecule has 7 atom stereocenters. The summed E-state index contributed by atoms with van der Waals surface area (Å²) in [6, 6.07) is 6.97. The molecule has 1 aromatic carbocycles. The average Bonchev–Trinajstić information content (AvgIpc) is 3.04. The molecule has 0 aromatic heterocycles. The van der Waals surface area contributed by atoms with Crippen LogP contribution in [0.15, 0.2) is 30.3 Å². The summed E-state index contributed by atoms with van der Waals surface area (Å²) in [7, 11) is -1.39. The molecule has 2 amide bonds. The van der Waals surface area contributed by atoms with Crippen LogP contribution < -0.4 is 4.46 Å². The van der Waals surface area contributed by atoms with Gasteiger partial charge in [0.15, 0.2) is 0 Å². The van der Waals surface area contributed by atoms with Crippen LogP contribution in [0.3, 0.4) is 0 Å². The molecular weight excluding hydrogens is 764 g/mol. The van der Waals surface area contributed by atoms with Crippen LogP contribution in [0.2, 0.25) is 4.82 Å². The number of carbonyl (C=O) groups is 7. The van der Waals surface area contributed by atoms with Crippen LogP contribution in [0.4, 0.5) is 0 Å². The van der Waals surface area contributed by atoms with Crippen LogP contribution in [0.5, 0.6) is 0 Å². The van der Waals surface area contributed by atoms with E-state index in [1.54, 1.807) is 44.2 Å². The zero-order chi connectivity index (χ0) is 38.5. The quantitative estimate of drug-likeness (QED) is 0.0947. The predicted molar refractivity (Wildman–Crippen MR) is 177 cm³/mol. The molecule has 1 heterocycles. The average molecular weight is 809 g/mol. The monoisotopic (exact) mass is 809 g/mol. The number of hydrogen-bond donors (Lipinski definition) is 0. The van der Waals surface area contributed by atoms with Crippen molar-refractivity contribution in [2.45, 2.75) is 96.5 Å². The van der Waals surface area contributed by atoms with Crippen LogP contribution in [0, 0.1) is 0 Å². The van der Waals surface area contributed by atoms with Crippen LogP contribution in [-0.4, -0.2) is 125 Å². The molecule has 0 bridgehead atoms. The van der Waals surface area contributed by atoms with Gasteiger partial charge in [0, 0.05) is 0 Å². The molecule has 0 aliphatic carbocycles. The number of hydrogen-bond acceptors (Lipinski definition) is 16. The van der Waals surface area contributed by atoms with Gasteiger partial charge in [-0.2, -0.15) is 0 Å². The third-order valence-corrected chi connectivity index (χ3v) is 11.1. The van der Waals surface area contributed by atoms with Crippen LogP contribution >= 0.6 is 8.60 Å². The number of carbonyl (C=O) groups excluding carboxylic acids is 7. The van der Waals surface area contributed by atoms with Gasteiger partial charge in [0.25, 0.3) is 0 Å². The zero-order valence-corrected chi connectivity index (χ0v) is 32.4. The minimum atomic E-state index is -2.64. The Morgan fingerprint density at radius 2 is 1.41 bits per heavy atom. The van der Waals surface area contributed by atoms with Crippen LogP contribution in [-0.2, 0) is 75.6 Å². The van der Waals surface area contributed by atoms with Crippen molar-refractivity contribution >= 4 is 69.7 Å². The van der Waals surface area contributed by atoms with Crippen molar-refractivity contribution in [2.75, 3.05) is 26.9 Å². The number of methoxy groups -OCH3 is 1. The Kier molecular flexibility index (Phi) is 17.6. The fourth-order valence-corrected chi connectivity index (χ4v) is 9.18. The van der Waals surface area contributed by atoms with Gasteiger partial charge in [0.2, 0.25) is 0 Å². The van der Waals surface area contributed by atoms with Crippen molar-refractivity contribution in [3.05, 3.63) is 30.3 Å². The van der Waals surface area contributed by atoms with Gasteiger partial charge in [-0.15, -0.1) is 0 Å². The van der Waals surface area contributed by atoms with Crippen molar-refractivity contribution in [1.82, 2.24) is 4.90 Å². The van der Waals surface area contributed by atoms with Gasteiger partial charge in [0.05, 0.1) is 0 Å². The summed E-state index contributed by atoms with van der Waals surface area (Å²) in [5, 5.41) is 0. The zero-order valence-electron chi connectivity index (χ0n) is 29.8. The number of imide groups is 1. The molecule has 1 aliphatic heterocycles. The standard InChI is InChI=1S/C32H44NO16PSe/c1-10-43-50(44-11-2)49-32(31(40)41-9)30(51-24-15-13-12-14-16-24)29(47-23(8)39)26(33(18(3)34)19(4)35)28(48-32)27(46-22(7)38)25(45-21(6)37)17-42-20(5)36/h12-16,25-30H,10-11,17H2,1-9H3/t25-,26+,27-,28-,29-,30+,32-/m1/s1. The van der Waals surface area contributed by atoms with E-state index in [0.717, 1.165) is 48.7 Å². The Balaban J connectivity index is 3.18. The molecule has 2 rings (SSSR count). The van der Waals surface area contributed by atoms with Crippen molar-refractivity contribution < 1.29 is 75.6 Å². The van der Waals surface area contributed by atoms with E-state index in [0.29, 0.717) is 9.36 Å². The van der Waals surface area contributed by atoms with Crippen molar-refractivity contribution in [3.8, 4) is 0 Å². The number of benzene rings is 1. The molecular formula is C32H44NO16PSe. The first-order valence-corrected chi connectivity index (χ1v) is 18.6. The molecule has 0 N–H and O–H groups in total. The van der Waals surface area contributed by atoms with Gasteiger partial charge in [-0.05, 0) is 0 Å². The van der Waals surface area contributed by atoms with Crippen molar-refractivity contribution in [1.29, 1.82) is 0 Å². The van der Waals surface area contributed by atoms with Gasteiger partial charge < -0.3 is 0 Å². The van der Waals surface area contributed by atoms with Crippen LogP contribution in [0.25, 0.3) is 0 Å². The summed E-state index contributed by atoms with van der Waals surface area (Å²) in [6.45, 7) is 8.97. The van der Waals surface area contributed by atoms with E-state index in [2.05, 4.69) is 0 Å². The molecule has 0 unspecified atom stereocenters. The molecule has 1 aliphatic rings. The van der Waals surface area contributed by atoms with E-state index in [4.69, 9.17) is 42.0 Å². The first-order chi connectivity index (χ1) is 24.0. The Hall–Kier alpha value is -3.50. The first kappa shape index (κ1) is 43.7. The maximum absolute atomic E-state index is 14.2. The summed E-state index contributed by atoms with van der Waals surface area (Å²) in [5.74, 6) is -9.13. The topological polar surface area (TPSA) is 206 Å². The van der Waals surface area contributed by atoms with E-state index in [1.807, 2.05) is 0 Å². The Morgan fingerprint density at radius 1 is 0.843 bits per heavy atom. The van der Waals surface area contributed by atoms with Crippen molar-refractivity contribution in [3.63, 3.8) is 0 Å². The molecule has 51 heavy (non-hydrogen) atoms. The van der Waals surface area contributed by atoms with E-state index < -0.39 is 113 Å². The van der Waals surface area contributed by atoms with E-state index in [1.165, 1.54) is 0 Å². The van der Waals surface area contributed by atoms with E-state index >= 15 is 0 Å². The summed E-state index contributed by atoms with van der Waals surface area (Å²) < 4.78 is 52.4. The molecule has 284 valence electrons. The summed E-state index contributed by atoms with van der Waals surface area (Å²) in [5.41, 5.74) is 0. The van der Waals surface area contributed by atoms with Crippen molar-refractivity contribution in [2.24, 2.45) is 0 Å². The van der Waals surface area contributed by atoms with Gasteiger partial charge in [-0.1, -0.05) is 0 Å². The SMILES string of the molecule is CCOP(OCC)O[C@]1(C(=O)OC)O[C@@H]([C@H](OC(C)=O)[C@@H](COC(C)=O)OC(C)=O)[C@H](N(C(C)=O)C(C)=O)[C@@H](OC(C)=O)[C@@H]1[Se]c1ccccc1. The molecule has 1 aromatic rings. The first-order valence-electron chi connectivity index (χ1n) is 15.7. The molecule has 1 fully saturated rings. The number of rotatable bonds is 17. The molecule has 1 saturated heterocycles. The fourth-order valence-electron chi connectivity index (χ4n) is 5.22. The third kappa shape index (κ3) is 12.0. The minimum absolute atomic E-state index is 0.0479. The molecule has 17 nitrogen and oxygen atoms in total. The Morgan fingerprint density at radius 3 is 1.86 bits per heavy atom. The fraction of sp³-hybridized carbons (Fsp3) is 0.594. The normalized spacial score (nSPS) is 22.5. The van der Waals surface area contributed by atoms with E-state index in [-0.39, 0.29) is 13.2 Å².